The van der Waals surface area contributed by atoms with Crippen molar-refractivity contribution < 1.29 is 5.11 Å². The summed E-state index contributed by atoms with van der Waals surface area (Å²) < 4.78 is 0. The summed E-state index contributed by atoms with van der Waals surface area (Å²) in [7, 11) is 0. The average molecular weight is 229 g/mol. The van der Waals surface area contributed by atoms with Crippen LogP contribution < -0.4 is 5.73 Å². The maximum absolute atomic E-state index is 9.23. The van der Waals surface area contributed by atoms with Crippen molar-refractivity contribution in [3.8, 4) is 17.0 Å². The van der Waals surface area contributed by atoms with E-state index in [1.54, 1.807) is 18.2 Å². The van der Waals surface area contributed by atoms with Crippen molar-refractivity contribution >= 4 is 28.9 Å². The molecule has 0 aliphatic carbocycles. The number of nitrogen functional groups attached to an aromatic ring is 1. The van der Waals surface area contributed by atoms with Gasteiger partial charge in [0.1, 0.15) is 5.75 Å². The standard InChI is InChI=1S/C9H8N2OS.ClH/c10-9-11-8(5-13-9)6-2-1-3-7(12)4-6;/h1-5,12H,(H2,10,11);1H. The molecule has 0 aliphatic heterocycles. The van der Waals surface area contributed by atoms with Crippen LogP contribution in [-0.4, -0.2) is 10.1 Å². The smallest absolute Gasteiger partial charge is 0.180 e. The molecule has 3 N–H and O–H groups in total. The molecule has 0 aliphatic rings. The zero-order valence-corrected chi connectivity index (χ0v) is 8.81. The van der Waals surface area contributed by atoms with Crippen LogP contribution >= 0.6 is 23.7 Å². The van der Waals surface area contributed by atoms with Crippen LogP contribution in [0.2, 0.25) is 0 Å². The summed E-state index contributed by atoms with van der Waals surface area (Å²) in [6.45, 7) is 0. The number of hydrogen-bond donors (Lipinski definition) is 2. The number of halogens is 1. The van der Waals surface area contributed by atoms with Crippen molar-refractivity contribution in [2.75, 3.05) is 5.73 Å². The predicted octanol–water partition coefficient (Wildman–Crippen LogP) is 2.52. The summed E-state index contributed by atoms with van der Waals surface area (Å²) in [5.74, 6) is 0.240. The van der Waals surface area contributed by atoms with Crippen molar-refractivity contribution in [1.82, 2.24) is 4.98 Å². The fourth-order valence-corrected chi connectivity index (χ4v) is 1.66. The van der Waals surface area contributed by atoms with Gasteiger partial charge in [0.25, 0.3) is 0 Å². The predicted molar refractivity (Wildman–Crippen MR) is 60.9 cm³/mol. The summed E-state index contributed by atoms with van der Waals surface area (Å²) in [4.78, 5) is 4.11. The van der Waals surface area contributed by atoms with E-state index in [9.17, 15) is 5.11 Å². The molecule has 2 rings (SSSR count). The Morgan fingerprint density at radius 3 is 2.71 bits per heavy atom. The molecule has 1 aromatic heterocycles. The molecule has 0 saturated carbocycles. The molecule has 0 amide bonds. The fraction of sp³-hybridized carbons (Fsp3) is 0. The van der Waals surface area contributed by atoms with E-state index in [4.69, 9.17) is 5.73 Å². The van der Waals surface area contributed by atoms with Crippen molar-refractivity contribution in [1.29, 1.82) is 0 Å². The number of phenols is 1. The van der Waals surface area contributed by atoms with Crippen LogP contribution in [0.3, 0.4) is 0 Å². The van der Waals surface area contributed by atoms with Gasteiger partial charge < -0.3 is 10.8 Å². The van der Waals surface area contributed by atoms with Gasteiger partial charge in [0.15, 0.2) is 5.13 Å². The molecule has 0 bridgehead atoms. The molecule has 14 heavy (non-hydrogen) atoms. The molecule has 1 aromatic carbocycles. The normalized spacial score (nSPS) is 9.43. The Kier molecular flexibility index (Phi) is 3.33. The first-order valence-electron chi connectivity index (χ1n) is 3.76. The highest BCUT2D eigenvalue weighted by Gasteiger charge is 2.02. The molecule has 0 unspecified atom stereocenters. The Labute approximate surface area is 91.6 Å². The lowest BCUT2D eigenvalue weighted by molar-refractivity contribution is 0.475. The van der Waals surface area contributed by atoms with Crippen LogP contribution in [-0.2, 0) is 0 Å². The van der Waals surface area contributed by atoms with E-state index in [0.717, 1.165) is 11.3 Å². The van der Waals surface area contributed by atoms with E-state index in [1.165, 1.54) is 11.3 Å². The lowest BCUT2D eigenvalue weighted by atomic mass is 10.2. The van der Waals surface area contributed by atoms with Crippen LogP contribution in [0, 0.1) is 0 Å². The van der Waals surface area contributed by atoms with Gasteiger partial charge in [0.05, 0.1) is 5.69 Å². The van der Waals surface area contributed by atoms with Gasteiger partial charge in [-0.05, 0) is 12.1 Å². The van der Waals surface area contributed by atoms with E-state index < -0.39 is 0 Å². The number of benzene rings is 1. The Balaban J connectivity index is 0.000000980. The van der Waals surface area contributed by atoms with Crippen LogP contribution in [0.4, 0.5) is 5.13 Å². The number of aromatic hydroxyl groups is 1. The SMILES string of the molecule is Cl.Nc1nc(-c2cccc(O)c2)cs1. The maximum atomic E-state index is 9.23. The van der Waals surface area contributed by atoms with Gasteiger partial charge in [-0.2, -0.15) is 0 Å². The third-order valence-electron chi connectivity index (χ3n) is 1.66. The van der Waals surface area contributed by atoms with Gasteiger partial charge in [-0.1, -0.05) is 12.1 Å². The zero-order chi connectivity index (χ0) is 9.26. The van der Waals surface area contributed by atoms with Crippen LogP contribution in [0.25, 0.3) is 11.3 Å². The largest absolute Gasteiger partial charge is 0.508 e. The van der Waals surface area contributed by atoms with Gasteiger partial charge in [-0.15, -0.1) is 23.7 Å². The monoisotopic (exact) mass is 228 g/mol. The second-order valence-corrected chi connectivity index (χ2v) is 3.51. The molecule has 0 atom stereocenters. The third kappa shape index (κ3) is 2.16. The molecule has 1 heterocycles. The van der Waals surface area contributed by atoms with Crippen molar-refractivity contribution in [3.05, 3.63) is 29.6 Å². The van der Waals surface area contributed by atoms with Gasteiger partial charge in [-0.25, -0.2) is 4.98 Å². The van der Waals surface area contributed by atoms with E-state index >= 15 is 0 Å². The number of nitrogens with zero attached hydrogens (tertiary/aromatic N) is 1. The quantitative estimate of drug-likeness (QED) is 0.789. The molecule has 0 saturated heterocycles. The zero-order valence-electron chi connectivity index (χ0n) is 7.18. The minimum atomic E-state index is 0. The Hall–Kier alpha value is -1.26. The maximum Gasteiger partial charge on any atom is 0.180 e. The molecule has 0 radical (unpaired) electrons. The second kappa shape index (κ2) is 4.30. The van der Waals surface area contributed by atoms with E-state index in [2.05, 4.69) is 4.98 Å². The van der Waals surface area contributed by atoms with E-state index in [-0.39, 0.29) is 18.2 Å². The Bertz CT molecular complexity index is 430. The summed E-state index contributed by atoms with van der Waals surface area (Å²) in [6.07, 6.45) is 0. The molecule has 74 valence electrons. The fourth-order valence-electron chi connectivity index (χ4n) is 1.09. The first kappa shape index (κ1) is 10.8. The van der Waals surface area contributed by atoms with Gasteiger partial charge in [0, 0.05) is 10.9 Å². The molecule has 0 fully saturated rings. The third-order valence-corrected chi connectivity index (χ3v) is 2.34. The second-order valence-electron chi connectivity index (χ2n) is 2.62. The number of anilines is 1. The number of hydrogen-bond acceptors (Lipinski definition) is 4. The highest BCUT2D eigenvalue weighted by Crippen LogP contribution is 2.25. The molecular formula is C9H9ClN2OS. The summed E-state index contributed by atoms with van der Waals surface area (Å²) >= 11 is 1.39. The Morgan fingerprint density at radius 1 is 1.36 bits per heavy atom. The molecular weight excluding hydrogens is 220 g/mol. The average Bonchev–Trinajstić information content (AvgIpc) is 2.52. The molecule has 5 heteroatoms. The molecule has 3 nitrogen and oxygen atoms in total. The summed E-state index contributed by atoms with van der Waals surface area (Å²) in [5, 5.41) is 11.6. The lowest BCUT2D eigenvalue weighted by Gasteiger charge is -1.96. The van der Waals surface area contributed by atoms with Gasteiger partial charge in [0.2, 0.25) is 0 Å². The minimum Gasteiger partial charge on any atom is -0.508 e. The highest BCUT2D eigenvalue weighted by atomic mass is 35.5. The number of thiazole rings is 1. The van der Waals surface area contributed by atoms with Crippen molar-refractivity contribution in [2.45, 2.75) is 0 Å². The number of rotatable bonds is 1. The minimum absolute atomic E-state index is 0. The number of phenolic OH excluding ortho intramolecular Hbond substituents is 1. The topological polar surface area (TPSA) is 59.1 Å². The van der Waals surface area contributed by atoms with Gasteiger partial charge >= 0.3 is 0 Å². The van der Waals surface area contributed by atoms with Crippen molar-refractivity contribution in [2.24, 2.45) is 0 Å². The first-order chi connectivity index (χ1) is 6.25. The summed E-state index contributed by atoms with van der Waals surface area (Å²) in [6, 6.07) is 6.95. The molecule has 0 spiro atoms. The first-order valence-corrected chi connectivity index (χ1v) is 4.64. The Morgan fingerprint density at radius 2 is 2.14 bits per heavy atom. The van der Waals surface area contributed by atoms with Crippen molar-refractivity contribution in [3.63, 3.8) is 0 Å². The van der Waals surface area contributed by atoms with Gasteiger partial charge in [-0.3, -0.25) is 0 Å². The molecule has 2 aromatic rings. The van der Waals surface area contributed by atoms with Crippen LogP contribution in [0.5, 0.6) is 5.75 Å². The van der Waals surface area contributed by atoms with E-state index in [0.29, 0.717) is 5.13 Å². The highest BCUT2D eigenvalue weighted by molar-refractivity contribution is 7.13. The summed E-state index contributed by atoms with van der Waals surface area (Å²) in [5.41, 5.74) is 7.19. The van der Waals surface area contributed by atoms with Crippen LogP contribution in [0.15, 0.2) is 29.6 Å². The van der Waals surface area contributed by atoms with Crippen LogP contribution in [0.1, 0.15) is 0 Å². The van der Waals surface area contributed by atoms with E-state index in [1.807, 2.05) is 11.4 Å². The number of aromatic nitrogens is 1. The number of nitrogens with two attached hydrogens (primary N) is 1. The lowest BCUT2D eigenvalue weighted by Crippen LogP contribution is -1.82.